The van der Waals surface area contributed by atoms with Gasteiger partial charge in [-0.15, -0.1) is 5.10 Å². The molecule has 3 heterocycles. The molecule has 2 aromatic carbocycles. The number of alkyl halides is 6. The summed E-state index contributed by atoms with van der Waals surface area (Å²) in [4.78, 5) is 44.4. The zero-order valence-corrected chi connectivity index (χ0v) is 23.5. The number of para-hydroxylation sites is 1. The van der Waals surface area contributed by atoms with Gasteiger partial charge in [-0.1, -0.05) is 30.2 Å². The molecule has 2 N–H and O–H groups in total. The molecule has 19 heteroatoms. The second-order valence-electron chi connectivity index (χ2n) is 9.49. The molecule has 0 spiro atoms. The molecule has 0 saturated carbocycles. The van der Waals surface area contributed by atoms with E-state index in [-0.39, 0.29) is 17.3 Å². The van der Waals surface area contributed by atoms with Gasteiger partial charge in [-0.3, -0.25) is 9.59 Å². The van der Waals surface area contributed by atoms with Gasteiger partial charge in [0.1, 0.15) is 37.1 Å². The zero-order valence-electron chi connectivity index (χ0n) is 23.5. The highest BCUT2D eigenvalue weighted by Gasteiger charge is 2.32. The molecule has 3 aromatic rings. The van der Waals surface area contributed by atoms with E-state index in [1.54, 1.807) is 23.1 Å². The molecule has 0 aliphatic carbocycles. The van der Waals surface area contributed by atoms with E-state index in [1.165, 1.54) is 12.3 Å². The van der Waals surface area contributed by atoms with Crippen molar-refractivity contribution < 1.29 is 69.7 Å². The first-order valence-electron chi connectivity index (χ1n) is 13.1. The summed E-state index contributed by atoms with van der Waals surface area (Å²) in [6.07, 6.45) is -8.28. The predicted molar refractivity (Wildman–Crippen MR) is 135 cm³/mol. The Bertz CT molecular complexity index is 1630. The molecular weight excluding hydrogens is 637 g/mol. The number of aromatic amines is 1. The lowest BCUT2D eigenvalue weighted by Gasteiger charge is -2.25. The van der Waals surface area contributed by atoms with E-state index in [9.17, 15) is 40.3 Å². The lowest BCUT2D eigenvalue weighted by molar-refractivity contribution is -0.854. The van der Waals surface area contributed by atoms with E-state index in [2.05, 4.69) is 19.9 Å². The number of carbonyl (C=O) groups excluding carboxylic acids is 4. The van der Waals surface area contributed by atoms with E-state index in [1.807, 2.05) is 25.1 Å². The van der Waals surface area contributed by atoms with Crippen molar-refractivity contribution in [2.24, 2.45) is 5.10 Å². The minimum absolute atomic E-state index is 0.0379. The monoisotopic (exact) mass is 660 g/mol. The van der Waals surface area contributed by atoms with Crippen LogP contribution in [0.3, 0.4) is 0 Å². The SMILES string of the molecule is CCc1n[nH]c2[n+]1CCN(C(=O)c1cc(C[NH+]3N=CC(=O)c4ccccc43)ccc1F)C2.O=C([O-])C(F)(F)F.O=C([O-])C(F)(F)F. The van der Waals surface area contributed by atoms with Crippen molar-refractivity contribution in [2.45, 2.75) is 45.3 Å². The standard InChI is InChI=1S/C23H21FN6O2.2C2HF3O2/c1-2-21-26-27-22-14-28(9-10-29(21)22)23(32)17-11-15(7-8-18(17)24)13-30-19-6-4-3-5-16(19)20(31)12-25-30;2*3-2(4,5)1(6)7/h3-8,11-12H,2,9-10,13-14H2,1H3;2*(H,6,7). The van der Waals surface area contributed by atoms with Crippen LogP contribution in [0.5, 0.6) is 0 Å². The number of halogens is 7. The first kappa shape index (κ1) is 35.3. The summed E-state index contributed by atoms with van der Waals surface area (Å²) in [7, 11) is 0. The lowest BCUT2D eigenvalue weighted by atomic mass is 10.1. The number of H-pyrrole nitrogens is 1. The number of nitrogens with zero attached hydrogens (tertiary/aromatic N) is 4. The summed E-state index contributed by atoms with van der Waals surface area (Å²) < 4.78 is 79.8. The summed E-state index contributed by atoms with van der Waals surface area (Å²) in [5.41, 5.74) is 2.16. The summed E-state index contributed by atoms with van der Waals surface area (Å²) in [5, 5.41) is 29.9. The number of nitrogens with one attached hydrogen (secondary N) is 2. The number of benzene rings is 2. The number of carbonyl (C=O) groups is 4. The number of amides is 1. The van der Waals surface area contributed by atoms with Gasteiger partial charge in [0, 0.05) is 23.1 Å². The van der Waals surface area contributed by atoms with Gasteiger partial charge in [0.05, 0.1) is 24.2 Å². The van der Waals surface area contributed by atoms with E-state index in [0.29, 0.717) is 36.8 Å². The quantitative estimate of drug-likeness (QED) is 0.283. The average molecular weight is 661 g/mol. The van der Waals surface area contributed by atoms with Crippen LogP contribution in [0.2, 0.25) is 0 Å². The molecule has 0 radical (unpaired) electrons. The summed E-state index contributed by atoms with van der Waals surface area (Å²) in [6, 6.07) is 11.9. The largest absolute Gasteiger partial charge is 0.542 e. The molecular formula is C27H23F7N6O6. The third kappa shape index (κ3) is 8.71. The zero-order chi connectivity index (χ0) is 34.4. The normalized spacial score (nSPS) is 15.4. The molecule has 12 nitrogen and oxygen atoms in total. The molecule has 1 aromatic heterocycles. The number of carboxylic acids is 2. The number of aliphatic carboxylic acids is 2. The number of ketones is 1. The highest BCUT2D eigenvalue weighted by Crippen LogP contribution is 2.18. The molecule has 2 aliphatic rings. The predicted octanol–water partition coefficient (Wildman–Crippen LogP) is -0.449. The molecule has 5 rings (SSSR count). The number of quaternary nitrogens is 1. The minimum atomic E-state index is -5.19. The Morgan fingerprint density at radius 3 is 2.22 bits per heavy atom. The number of carboxylic acid groups (broad SMARTS) is 2. The Morgan fingerprint density at radius 1 is 1.02 bits per heavy atom. The van der Waals surface area contributed by atoms with Gasteiger partial charge in [0.25, 0.3) is 17.6 Å². The smallest absolute Gasteiger partial charge is 0.430 e. The van der Waals surface area contributed by atoms with Crippen LogP contribution >= 0.6 is 0 Å². The van der Waals surface area contributed by atoms with Gasteiger partial charge < -0.3 is 24.7 Å². The Balaban J connectivity index is 0.000000345. The Labute approximate surface area is 254 Å². The van der Waals surface area contributed by atoms with Crippen molar-refractivity contribution in [1.29, 1.82) is 0 Å². The third-order valence-electron chi connectivity index (χ3n) is 6.43. The fourth-order valence-electron chi connectivity index (χ4n) is 4.29. The van der Waals surface area contributed by atoms with Crippen molar-refractivity contribution in [2.75, 3.05) is 6.54 Å². The number of Topliss-reactive ketones (excluding diaryl/α,β-unsaturated/α-hetero) is 1. The van der Waals surface area contributed by atoms with Gasteiger partial charge in [-0.05, 0) is 18.2 Å². The van der Waals surface area contributed by atoms with Gasteiger partial charge in [0.2, 0.25) is 5.78 Å². The van der Waals surface area contributed by atoms with Crippen LogP contribution in [0.1, 0.15) is 44.9 Å². The van der Waals surface area contributed by atoms with E-state index < -0.39 is 30.1 Å². The Morgan fingerprint density at radius 2 is 1.63 bits per heavy atom. The second-order valence-corrected chi connectivity index (χ2v) is 9.49. The minimum Gasteiger partial charge on any atom is -0.542 e. The average Bonchev–Trinajstić information content (AvgIpc) is 3.41. The van der Waals surface area contributed by atoms with Gasteiger partial charge in [-0.2, -0.15) is 31.4 Å². The van der Waals surface area contributed by atoms with Crippen molar-refractivity contribution in [3.63, 3.8) is 0 Å². The van der Waals surface area contributed by atoms with Crippen LogP contribution in [0.15, 0.2) is 47.6 Å². The Kier molecular flexibility index (Phi) is 10.9. The number of aromatic nitrogens is 3. The molecule has 0 fully saturated rings. The maximum atomic E-state index is 14.6. The number of hydrogen-bond acceptors (Lipinski definition) is 8. The van der Waals surface area contributed by atoms with Crippen molar-refractivity contribution in [3.8, 4) is 0 Å². The summed E-state index contributed by atoms with van der Waals surface area (Å²) in [5.74, 6) is -5.26. The van der Waals surface area contributed by atoms with E-state index >= 15 is 0 Å². The Hall–Kier alpha value is -5.20. The number of hydrogen-bond donors (Lipinski definition) is 2. The maximum Gasteiger partial charge on any atom is 0.430 e. The second kappa shape index (κ2) is 14.3. The van der Waals surface area contributed by atoms with Crippen LogP contribution in [-0.2, 0) is 35.6 Å². The van der Waals surface area contributed by atoms with Gasteiger partial charge in [0.15, 0.2) is 5.69 Å². The van der Waals surface area contributed by atoms with Gasteiger partial charge in [-0.25, -0.2) is 8.96 Å². The number of aryl methyl sites for hydroxylation is 1. The molecule has 46 heavy (non-hydrogen) atoms. The first-order chi connectivity index (χ1) is 21.4. The van der Waals surface area contributed by atoms with Crippen LogP contribution in [0, 0.1) is 5.82 Å². The molecule has 1 amide bonds. The summed E-state index contributed by atoms with van der Waals surface area (Å²) >= 11 is 0. The fraction of sp³-hybridized carbons (Fsp3) is 0.296. The van der Waals surface area contributed by atoms with Crippen LogP contribution in [0.25, 0.3) is 0 Å². The van der Waals surface area contributed by atoms with Crippen LogP contribution < -0.4 is 19.8 Å². The highest BCUT2D eigenvalue weighted by molar-refractivity contribution is 6.36. The molecule has 2 aliphatic heterocycles. The molecule has 246 valence electrons. The van der Waals surface area contributed by atoms with E-state index in [0.717, 1.165) is 29.3 Å². The number of fused-ring (bicyclic) bond motifs is 2. The highest BCUT2D eigenvalue weighted by atomic mass is 19.4. The van der Waals surface area contributed by atoms with E-state index in [4.69, 9.17) is 19.8 Å². The molecule has 0 saturated heterocycles. The van der Waals surface area contributed by atoms with Crippen LogP contribution in [-0.4, -0.2) is 63.8 Å². The van der Waals surface area contributed by atoms with Gasteiger partial charge >= 0.3 is 12.4 Å². The van der Waals surface area contributed by atoms with Crippen molar-refractivity contribution >= 4 is 35.5 Å². The third-order valence-corrected chi connectivity index (χ3v) is 6.43. The fourth-order valence-corrected chi connectivity index (χ4v) is 4.29. The molecule has 1 atom stereocenters. The molecule has 1 unspecified atom stereocenters. The molecule has 0 bridgehead atoms. The number of rotatable bonds is 4. The van der Waals surface area contributed by atoms with Crippen molar-refractivity contribution in [1.82, 2.24) is 15.1 Å². The van der Waals surface area contributed by atoms with Crippen LogP contribution in [0.4, 0.5) is 36.4 Å². The summed E-state index contributed by atoms with van der Waals surface area (Å²) in [6.45, 7) is 3.89. The topological polar surface area (TPSA) is 167 Å². The first-order valence-corrected chi connectivity index (χ1v) is 13.1. The van der Waals surface area contributed by atoms with Crippen molar-refractivity contribution in [3.05, 3.63) is 76.6 Å². The lowest BCUT2D eigenvalue weighted by Crippen LogP contribution is -3.01. The maximum absolute atomic E-state index is 14.6.